The van der Waals surface area contributed by atoms with E-state index in [1.165, 1.54) is 0 Å². The number of ether oxygens (including phenoxy) is 2. The molecule has 2 rings (SSSR count). The molecule has 0 aromatic heterocycles. The van der Waals surface area contributed by atoms with Crippen molar-refractivity contribution in [3.8, 4) is 11.5 Å². The van der Waals surface area contributed by atoms with Crippen LogP contribution >= 0.6 is 27.5 Å². The molecule has 2 aromatic rings. The molecule has 2 amide bonds. The summed E-state index contributed by atoms with van der Waals surface area (Å²) in [5.41, 5.74) is 5.52. The third kappa shape index (κ3) is 6.64. The lowest BCUT2D eigenvalue weighted by Crippen LogP contribution is -2.45. The molecule has 0 heterocycles. The fourth-order valence-electron chi connectivity index (χ4n) is 1.80. The Morgan fingerprint density at radius 2 is 1.72 bits per heavy atom. The van der Waals surface area contributed by atoms with Crippen LogP contribution in [0, 0.1) is 6.92 Å². The van der Waals surface area contributed by atoms with Gasteiger partial charge in [-0.2, -0.15) is 0 Å². The van der Waals surface area contributed by atoms with E-state index in [1.807, 2.05) is 25.1 Å². The van der Waals surface area contributed by atoms with Gasteiger partial charge in [-0.1, -0.05) is 23.7 Å². The summed E-state index contributed by atoms with van der Waals surface area (Å²) in [6.07, 6.45) is 0. The van der Waals surface area contributed by atoms with Crippen molar-refractivity contribution >= 4 is 39.3 Å². The van der Waals surface area contributed by atoms with Gasteiger partial charge in [-0.25, -0.2) is 0 Å². The molecule has 6 nitrogen and oxygen atoms in total. The first-order chi connectivity index (χ1) is 11.9. The van der Waals surface area contributed by atoms with Gasteiger partial charge in [0.15, 0.2) is 13.2 Å². The summed E-state index contributed by atoms with van der Waals surface area (Å²) >= 11 is 9.10. The van der Waals surface area contributed by atoms with Crippen molar-refractivity contribution in [3.63, 3.8) is 0 Å². The number of hydrazine groups is 1. The summed E-state index contributed by atoms with van der Waals surface area (Å²) in [5, 5.41) is 0.546. The highest BCUT2D eigenvalue weighted by atomic mass is 79.9. The van der Waals surface area contributed by atoms with E-state index >= 15 is 0 Å². The number of carbonyl (C=O) groups is 2. The summed E-state index contributed by atoms with van der Waals surface area (Å²) in [5.74, 6) is 0.0549. The third-order valence-corrected chi connectivity index (χ3v) is 3.81. The number of carbonyl (C=O) groups excluding carboxylic acids is 2. The lowest BCUT2D eigenvalue weighted by Gasteiger charge is -2.10. The van der Waals surface area contributed by atoms with E-state index in [0.29, 0.717) is 21.0 Å². The lowest BCUT2D eigenvalue weighted by molar-refractivity contribution is -0.131. The predicted molar refractivity (Wildman–Crippen MR) is 97.6 cm³/mol. The number of nitrogens with one attached hydrogen (secondary N) is 2. The van der Waals surface area contributed by atoms with Gasteiger partial charge in [-0.3, -0.25) is 20.4 Å². The van der Waals surface area contributed by atoms with Gasteiger partial charge in [-0.05, 0) is 58.7 Å². The molecule has 0 bridgehead atoms. The minimum atomic E-state index is -0.509. The van der Waals surface area contributed by atoms with Gasteiger partial charge in [0.1, 0.15) is 11.5 Å². The summed E-state index contributed by atoms with van der Waals surface area (Å²) in [6.45, 7) is 1.44. The Balaban J connectivity index is 1.69. The number of benzene rings is 2. The second-order valence-corrected chi connectivity index (χ2v) is 6.36. The van der Waals surface area contributed by atoms with Crippen molar-refractivity contribution in [2.75, 3.05) is 13.2 Å². The van der Waals surface area contributed by atoms with Crippen LogP contribution in [-0.2, 0) is 9.59 Å². The zero-order chi connectivity index (χ0) is 18.2. The fraction of sp³-hybridized carbons (Fsp3) is 0.176. The van der Waals surface area contributed by atoms with Crippen LogP contribution in [0.15, 0.2) is 46.9 Å². The number of aryl methyl sites for hydroxylation is 1. The number of rotatable bonds is 6. The highest BCUT2D eigenvalue weighted by Gasteiger charge is 2.08. The molecule has 0 aliphatic carbocycles. The Hall–Kier alpha value is -2.25. The normalized spacial score (nSPS) is 10.0. The molecule has 2 N–H and O–H groups in total. The van der Waals surface area contributed by atoms with Crippen molar-refractivity contribution in [3.05, 3.63) is 57.5 Å². The van der Waals surface area contributed by atoms with E-state index in [0.717, 1.165) is 5.56 Å². The van der Waals surface area contributed by atoms with Gasteiger partial charge in [0.25, 0.3) is 11.8 Å². The van der Waals surface area contributed by atoms with Crippen molar-refractivity contribution in [2.45, 2.75) is 6.92 Å². The Labute approximate surface area is 158 Å². The van der Waals surface area contributed by atoms with Crippen molar-refractivity contribution < 1.29 is 19.1 Å². The second-order valence-electron chi connectivity index (χ2n) is 5.06. The van der Waals surface area contributed by atoms with Crippen molar-refractivity contribution in [2.24, 2.45) is 0 Å². The maximum absolute atomic E-state index is 11.7. The molecule has 2 aromatic carbocycles. The fourth-order valence-corrected chi connectivity index (χ4v) is 2.60. The molecule has 0 saturated carbocycles. The predicted octanol–water partition coefficient (Wildman–Crippen LogP) is 3.02. The van der Waals surface area contributed by atoms with E-state index in [1.54, 1.807) is 24.3 Å². The van der Waals surface area contributed by atoms with Crippen molar-refractivity contribution in [1.29, 1.82) is 0 Å². The highest BCUT2D eigenvalue weighted by molar-refractivity contribution is 9.10. The van der Waals surface area contributed by atoms with Crippen LogP contribution in [0.2, 0.25) is 5.02 Å². The van der Waals surface area contributed by atoms with Crippen LogP contribution in [0.25, 0.3) is 0 Å². The molecule has 25 heavy (non-hydrogen) atoms. The first kappa shape index (κ1) is 19.1. The van der Waals surface area contributed by atoms with Crippen LogP contribution in [0.5, 0.6) is 11.5 Å². The van der Waals surface area contributed by atoms with Gasteiger partial charge < -0.3 is 9.47 Å². The Bertz CT molecular complexity index is 770. The van der Waals surface area contributed by atoms with E-state index in [-0.39, 0.29) is 13.2 Å². The van der Waals surface area contributed by atoms with E-state index in [9.17, 15) is 9.59 Å². The SMILES string of the molecule is Cc1cccc(OCC(=O)NNC(=O)COc2ccc(Cl)cc2Br)c1. The smallest absolute Gasteiger partial charge is 0.276 e. The topological polar surface area (TPSA) is 76.7 Å². The van der Waals surface area contributed by atoms with Gasteiger partial charge in [0, 0.05) is 5.02 Å². The molecule has 0 spiro atoms. The Morgan fingerprint density at radius 3 is 2.36 bits per heavy atom. The van der Waals surface area contributed by atoms with Crippen LogP contribution in [0.4, 0.5) is 0 Å². The zero-order valence-electron chi connectivity index (χ0n) is 13.3. The molecular weight excluding hydrogens is 412 g/mol. The molecule has 0 aliphatic heterocycles. The first-order valence-electron chi connectivity index (χ1n) is 7.29. The number of hydrogen-bond acceptors (Lipinski definition) is 4. The molecule has 8 heteroatoms. The number of halogens is 2. The summed E-state index contributed by atoms with van der Waals surface area (Å²) in [4.78, 5) is 23.3. The molecule has 0 unspecified atom stereocenters. The van der Waals surface area contributed by atoms with E-state index in [2.05, 4.69) is 26.8 Å². The van der Waals surface area contributed by atoms with Crippen LogP contribution < -0.4 is 20.3 Å². The van der Waals surface area contributed by atoms with E-state index < -0.39 is 11.8 Å². The van der Waals surface area contributed by atoms with Crippen molar-refractivity contribution in [1.82, 2.24) is 10.9 Å². The molecular formula is C17H16BrClN2O4. The van der Waals surface area contributed by atoms with Crippen LogP contribution in [0.3, 0.4) is 0 Å². The quantitative estimate of drug-likeness (QED) is 0.695. The molecule has 0 radical (unpaired) electrons. The molecule has 0 saturated heterocycles. The number of hydrogen-bond donors (Lipinski definition) is 2. The minimum absolute atomic E-state index is 0.215. The summed E-state index contributed by atoms with van der Waals surface area (Å²) in [6, 6.07) is 12.2. The lowest BCUT2D eigenvalue weighted by atomic mass is 10.2. The van der Waals surface area contributed by atoms with Crippen LogP contribution in [0.1, 0.15) is 5.56 Å². The molecule has 0 fully saturated rings. The second kappa shape index (κ2) is 9.29. The Kier molecular flexibility index (Phi) is 7.09. The Morgan fingerprint density at radius 1 is 1.04 bits per heavy atom. The summed E-state index contributed by atoms with van der Waals surface area (Å²) in [7, 11) is 0. The number of amides is 2. The standard InChI is InChI=1S/C17H16BrClN2O4/c1-11-3-2-4-13(7-11)24-9-16(22)20-21-17(23)10-25-15-6-5-12(19)8-14(15)18/h2-8H,9-10H2,1H3,(H,20,22)(H,21,23). The zero-order valence-corrected chi connectivity index (χ0v) is 15.7. The molecule has 132 valence electrons. The first-order valence-corrected chi connectivity index (χ1v) is 8.46. The average molecular weight is 428 g/mol. The monoisotopic (exact) mass is 426 g/mol. The van der Waals surface area contributed by atoms with Gasteiger partial charge >= 0.3 is 0 Å². The molecule has 0 aliphatic rings. The summed E-state index contributed by atoms with van der Waals surface area (Å²) < 4.78 is 11.3. The highest BCUT2D eigenvalue weighted by Crippen LogP contribution is 2.27. The third-order valence-electron chi connectivity index (χ3n) is 2.95. The molecule has 0 atom stereocenters. The van der Waals surface area contributed by atoms with Gasteiger partial charge in [0.2, 0.25) is 0 Å². The van der Waals surface area contributed by atoms with E-state index in [4.69, 9.17) is 21.1 Å². The maximum Gasteiger partial charge on any atom is 0.276 e. The van der Waals surface area contributed by atoms with Gasteiger partial charge in [-0.15, -0.1) is 0 Å². The largest absolute Gasteiger partial charge is 0.484 e. The maximum atomic E-state index is 11.7. The average Bonchev–Trinajstić information content (AvgIpc) is 2.57. The minimum Gasteiger partial charge on any atom is -0.484 e. The van der Waals surface area contributed by atoms with Gasteiger partial charge in [0.05, 0.1) is 4.47 Å². The van der Waals surface area contributed by atoms with Crippen LogP contribution in [-0.4, -0.2) is 25.0 Å².